The lowest BCUT2D eigenvalue weighted by molar-refractivity contribution is -0.0685. The van der Waals surface area contributed by atoms with Gasteiger partial charge in [-0.2, -0.15) is 0 Å². The summed E-state index contributed by atoms with van der Waals surface area (Å²) in [5, 5.41) is 17.6. The van der Waals surface area contributed by atoms with Crippen LogP contribution in [-0.4, -0.2) is 15.3 Å². The zero-order valence-electron chi connectivity index (χ0n) is 8.75. The van der Waals surface area contributed by atoms with Gasteiger partial charge in [0, 0.05) is 6.92 Å². The van der Waals surface area contributed by atoms with Crippen molar-refractivity contribution in [3.63, 3.8) is 0 Å². The van der Waals surface area contributed by atoms with Crippen molar-refractivity contribution >= 4 is 0 Å². The first-order valence-corrected chi connectivity index (χ1v) is 4.28. The van der Waals surface area contributed by atoms with Crippen molar-refractivity contribution in [3.05, 3.63) is 11.8 Å². The summed E-state index contributed by atoms with van der Waals surface area (Å²) in [4.78, 5) is 0. The van der Waals surface area contributed by atoms with Crippen LogP contribution >= 0.6 is 0 Å². The summed E-state index contributed by atoms with van der Waals surface area (Å²) in [6.45, 7) is 9.15. The van der Waals surface area contributed by atoms with Crippen molar-refractivity contribution in [1.29, 1.82) is 0 Å². The molecule has 1 heterocycles. The highest BCUT2D eigenvalue weighted by Gasteiger charge is 2.41. The maximum Gasteiger partial charge on any atom is 0.248 e. The third-order valence-corrected chi connectivity index (χ3v) is 2.40. The predicted octanol–water partition coefficient (Wildman–Crippen LogP) is 1.63. The average molecular weight is 184 g/mol. The van der Waals surface area contributed by atoms with Crippen LogP contribution < -0.4 is 0 Å². The van der Waals surface area contributed by atoms with E-state index in [1.54, 1.807) is 13.8 Å². The fraction of sp³-hybridized carbons (Fsp3) is 0.778. The van der Waals surface area contributed by atoms with E-state index in [0.29, 0.717) is 5.89 Å². The minimum Gasteiger partial charge on any atom is -0.422 e. The quantitative estimate of drug-likeness (QED) is 0.720. The molecule has 0 aliphatic heterocycles. The van der Waals surface area contributed by atoms with Crippen LogP contribution in [-0.2, 0) is 5.60 Å². The summed E-state index contributed by atoms with van der Waals surface area (Å²) < 4.78 is 5.20. The molecule has 74 valence electrons. The standard InChI is InChI=1S/C9H16N2O2/c1-6-10-11-7(13-6)9(5,12)8(2,3)4/h12H,1-5H3/t9-/m0/s1. The van der Waals surface area contributed by atoms with Gasteiger partial charge >= 0.3 is 0 Å². The fourth-order valence-electron chi connectivity index (χ4n) is 0.814. The summed E-state index contributed by atoms with van der Waals surface area (Å²) in [5.41, 5.74) is -1.42. The summed E-state index contributed by atoms with van der Waals surface area (Å²) in [5.74, 6) is 0.747. The normalized spacial score (nSPS) is 17.1. The summed E-state index contributed by atoms with van der Waals surface area (Å²) in [7, 11) is 0. The molecule has 0 saturated heterocycles. The van der Waals surface area contributed by atoms with Gasteiger partial charge in [-0.1, -0.05) is 20.8 Å². The Morgan fingerprint density at radius 1 is 1.15 bits per heavy atom. The minimum atomic E-state index is -1.09. The molecular formula is C9H16N2O2. The molecule has 0 amide bonds. The molecular weight excluding hydrogens is 168 g/mol. The first kappa shape index (κ1) is 10.2. The molecule has 1 rings (SSSR count). The first-order valence-electron chi connectivity index (χ1n) is 4.28. The number of aromatic nitrogens is 2. The minimum absolute atomic E-state index is 0.275. The van der Waals surface area contributed by atoms with Crippen LogP contribution in [0.25, 0.3) is 0 Å². The van der Waals surface area contributed by atoms with Crippen molar-refractivity contribution in [3.8, 4) is 0 Å². The molecule has 0 unspecified atom stereocenters. The molecule has 0 aliphatic rings. The maximum absolute atomic E-state index is 10.1. The monoisotopic (exact) mass is 184 g/mol. The highest BCUT2D eigenvalue weighted by atomic mass is 16.4. The Morgan fingerprint density at radius 2 is 1.69 bits per heavy atom. The van der Waals surface area contributed by atoms with Crippen LogP contribution in [0.2, 0.25) is 0 Å². The van der Waals surface area contributed by atoms with Crippen molar-refractivity contribution in [2.45, 2.75) is 40.2 Å². The fourth-order valence-corrected chi connectivity index (χ4v) is 0.814. The second kappa shape index (κ2) is 2.80. The molecule has 0 radical (unpaired) electrons. The third-order valence-electron chi connectivity index (χ3n) is 2.40. The number of aliphatic hydroxyl groups is 1. The van der Waals surface area contributed by atoms with Crippen molar-refractivity contribution in [2.24, 2.45) is 5.41 Å². The number of hydrogen-bond acceptors (Lipinski definition) is 4. The largest absolute Gasteiger partial charge is 0.422 e. The van der Waals surface area contributed by atoms with E-state index in [2.05, 4.69) is 10.2 Å². The Balaban J connectivity index is 3.07. The number of aryl methyl sites for hydroxylation is 1. The third kappa shape index (κ3) is 1.72. The SMILES string of the molecule is Cc1nnc([C@](C)(O)C(C)(C)C)o1. The van der Waals surface area contributed by atoms with E-state index in [-0.39, 0.29) is 11.3 Å². The van der Waals surface area contributed by atoms with Gasteiger partial charge in [0.25, 0.3) is 0 Å². The number of nitrogens with zero attached hydrogens (tertiary/aromatic N) is 2. The highest BCUT2D eigenvalue weighted by molar-refractivity contribution is 5.00. The zero-order chi connectivity index (χ0) is 10.3. The average Bonchev–Trinajstić information content (AvgIpc) is 2.33. The van der Waals surface area contributed by atoms with Crippen LogP contribution in [0.1, 0.15) is 39.5 Å². The first-order chi connectivity index (χ1) is 5.75. The topological polar surface area (TPSA) is 59.2 Å². The summed E-state index contributed by atoms with van der Waals surface area (Å²) in [6.07, 6.45) is 0. The van der Waals surface area contributed by atoms with Crippen LogP contribution in [0.4, 0.5) is 0 Å². The van der Waals surface area contributed by atoms with Crippen LogP contribution in [0.15, 0.2) is 4.42 Å². The summed E-state index contributed by atoms with van der Waals surface area (Å²) in [6, 6.07) is 0. The van der Waals surface area contributed by atoms with Crippen LogP contribution in [0.5, 0.6) is 0 Å². The van der Waals surface area contributed by atoms with Gasteiger partial charge in [-0.05, 0) is 12.3 Å². The lowest BCUT2D eigenvalue weighted by Crippen LogP contribution is -2.37. The Labute approximate surface area is 78.0 Å². The van der Waals surface area contributed by atoms with Gasteiger partial charge in [-0.3, -0.25) is 0 Å². The van der Waals surface area contributed by atoms with Gasteiger partial charge in [0.15, 0.2) is 0 Å². The molecule has 1 aromatic rings. The molecule has 1 atom stereocenters. The Morgan fingerprint density at radius 3 is 2.00 bits per heavy atom. The van der Waals surface area contributed by atoms with Crippen LogP contribution in [0.3, 0.4) is 0 Å². The second-order valence-electron chi connectivity index (χ2n) is 4.45. The van der Waals surface area contributed by atoms with Gasteiger partial charge in [-0.15, -0.1) is 10.2 Å². The van der Waals surface area contributed by atoms with E-state index < -0.39 is 5.60 Å². The van der Waals surface area contributed by atoms with E-state index in [1.165, 1.54) is 0 Å². The second-order valence-corrected chi connectivity index (χ2v) is 4.45. The van der Waals surface area contributed by atoms with Crippen molar-refractivity contribution in [1.82, 2.24) is 10.2 Å². The highest BCUT2D eigenvalue weighted by Crippen LogP contribution is 2.37. The van der Waals surface area contributed by atoms with E-state index in [9.17, 15) is 5.11 Å². The smallest absolute Gasteiger partial charge is 0.248 e. The van der Waals surface area contributed by atoms with Crippen LogP contribution in [0, 0.1) is 12.3 Å². The molecule has 0 bridgehead atoms. The van der Waals surface area contributed by atoms with Gasteiger partial charge in [-0.25, -0.2) is 0 Å². The van der Waals surface area contributed by atoms with Gasteiger partial charge < -0.3 is 9.52 Å². The van der Waals surface area contributed by atoms with E-state index in [1.807, 2.05) is 20.8 Å². The van der Waals surface area contributed by atoms with E-state index in [4.69, 9.17) is 4.42 Å². The molecule has 0 saturated carbocycles. The van der Waals surface area contributed by atoms with Crippen molar-refractivity contribution < 1.29 is 9.52 Å². The number of rotatable bonds is 1. The molecule has 1 aromatic heterocycles. The lowest BCUT2D eigenvalue weighted by atomic mass is 9.78. The Hall–Kier alpha value is -0.900. The predicted molar refractivity (Wildman–Crippen MR) is 48.1 cm³/mol. The number of hydrogen-bond donors (Lipinski definition) is 1. The van der Waals surface area contributed by atoms with Gasteiger partial charge in [0.05, 0.1) is 0 Å². The molecule has 4 nitrogen and oxygen atoms in total. The summed E-state index contributed by atoms with van der Waals surface area (Å²) >= 11 is 0. The lowest BCUT2D eigenvalue weighted by Gasteiger charge is -2.33. The Kier molecular flexibility index (Phi) is 2.20. The molecule has 0 spiro atoms. The molecule has 0 fully saturated rings. The zero-order valence-corrected chi connectivity index (χ0v) is 8.75. The van der Waals surface area contributed by atoms with E-state index in [0.717, 1.165) is 0 Å². The van der Waals surface area contributed by atoms with Gasteiger partial charge in [0.1, 0.15) is 5.60 Å². The maximum atomic E-state index is 10.1. The van der Waals surface area contributed by atoms with E-state index >= 15 is 0 Å². The molecule has 0 aliphatic carbocycles. The molecule has 0 aromatic carbocycles. The van der Waals surface area contributed by atoms with Crippen molar-refractivity contribution in [2.75, 3.05) is 0 Å². The Bertz CT molecular complexity index is 297. The molecule has 4 heteroatoms. The molecule has 1 N–H and O–H groups in total. The molecule has 13 heavy (non-hydrogen) atoms. The van der Waals surface area contributed by atoms with Gasteiger partial charge in [0.2, 0.25) is 11.8 Å².